The van der Waals surface area contributed by atoms with Crippen LogP contribution in [0, 0.1) is 0 Å². The minimum atomic E-state index is -0.0892. The third-order valence-electron chi connectivity index (χ3n) is 6.72. The fourth-order valence-corrected chi connectivity index (χ4v) is 6.14. The Labute approximate surface area is 223 Å². The van der Waals surface area contributed by atoms with Crippen molar-refractivity contribution in [2.24, 2.45) is 0 Å². The van der Waals surface area contributed by atoms with Gasteiger partial charge in [-0.1, -0.05) is 66.2 Å². The fraction of sp³-hybridized carbons (Fsp3) is 0.207. The van der Waals surface area contributed by atoms with Crippen LogP contribution >= 0.6 is 22.9 Å². The quantitative estimate of drug-likeness (QED) is 0.285. The molecule has 0 radical (unpaired) electrons. The van der Waals surface area contributed by atoms with Gasteiger partial charge in [0.1, 0.15) is 10.7 Å². The molecule has 1 amide bonds. The second kappa shape index (κ2) is 10.5. The number of hydrogen-bond donors (Lipinski definition) is 1. The van der Waals surface area contributed by atoms with E-state index in [0.29, 0.717) is 43.4 Å². The van der Waals surface area contributed by atoms with Crippen LogP contribution in [0.25, 0.3) is 21.2 Å². The number of thiazole rings is 1. The molecule has 1 saturated heterocycles. The molecular weight excluding hydrogens is 504 g/mol. The number of halogens is 1. The average Bonchev–Trinajstić information content (AvgIpc) is 3.64. The summed E-state index contributed by atoms with van der Waals surface area (Å²) in [4.78, 5) is 29.2. The number of morpholine rings is 1. The molecule has 1 atom stereocenters. The zero-order valence-corrected chi connectivity index (χ0v) is 21.6. The minimum absolute atomic E-state index is 0.0522. The molecule has 8 heteroatoms. The van der Waals surface area contributed by atoms with Gasteiger partial charge in [0.25, 0.3) is 5.91 Å². The second-order valence-corrected chi connectivity index (χ2v) is 10.5. The van der Waals surface area contributed by atoms with Crippen molar-refractivity contribution in [2.75, 3.05) is 26.3 Å². The lowest BCUT2D eigenvalue weighted by Gasteiger charge is -2.26. The summed E-state index contributed by atoms with van der Waals surface area (Å²) in [5.41, 5.74) is 3.61. The highest BCUT2D eigenvalue weighted by atomic mass is 35.5. The number of imidazole rings is 1. The van der Waals surface area contributed by atoms with E-state index >= 15 is 0 Å². The smallest absolute Gasteiger partial charge is 0.274 e. The van der Waals surface area contributed by atoms with Gasteiger partial charge < -0.3 is 14.6 Å². The molecule has 3 aromatic carbocycles. The largest absolute Gasteiger partial charge is 0.378 e. The molecule has 3 heterocycles. The molecule has 0 aliphatic carbocycles. The highest BCUT2D eigenvalue weighted by Gasteiger charge is 2.29. The Morgan fingerprint density at radius 2 is 1.84 bits per heavy atom. The first-order valence-electron chi connectivity index (χ1n) is 12.3. The molecule has 37 heavy (non-hydrogen) atoms. The lowest BCUT2D eigenvalue weighted by Crippen LogP contribution is -2.41. The molecule has 1 aliphatic rings. The third kappa shape index (κ3) is 4.90. The molecule has 0 bridgehead atoms. The lowest BCUT2D eigenvalue weighted by molar-refractivity contribution is 0.0300. The van der Waals surface area contributed by atoms with Gasteiger partial charge in [-0.2, -0.15) is 0 Å². The van der Waals surface area contributed by atoms with Crippen LogP contribution in [0.4, 0.5) is 0 Å². The normalized spacial score (nSPS) is 14.7. The summed E-state index contributed by atoms with van der Waals surface area (Å²) in [6, 6.07) is 22.4. The molecule has 0 spiro atoms. The van der Waals surface area contributed by atoms with E-state index in [1.54, 1.807) is 17.7 Å². The molecule has 1 N–H and O–H groups in total. The first-order valence-corrected chi connectivity index (χ1v) is 13.5. The Bertz CT molecular complexity index is 1520. The van der Waals surface area contributed by atoms with Crippen molar-refractivity contribution in [3.05, 3.63) is 106 Å². The third-order valence-corrected chi connectivity index (χ3v) is 8.18. The number of nitrogens with zero attached hydrogens (tertiary/aromatic N) is 3. The molecule has 0 saturated carbocycles. The van der Waals surface area contributed by atoms with Gasteiger partial charge >= 0.3 is 0 Å². The van der Waals surface area contributed by atoms with Crippen LogP contribution in [-0.2, 0) is 11.2 Å². The molecule has 1 unspecified atom stereocenters. The van der Waals surface area contributed by atoms with E-state index in [-0.39, 0.29) is 11.8 Å². The van der Waals surface area contributed by atoms with Crippen molar-refractivity contribution in [3.8, 4) is 10.4 Å². The van der Waals surface area contributed by atoms with Crippen LogP contribution in [0.15, 0.2) is 79.3 Å². The van der Waals surface area contributed by atoms with Crippen LogP contribution in [0.5, 0.6) is 0 Å². The van der Waals surface area contributed by atoms with Gasteiger partial charge in [0.05, 0.1) is 30.3 Å². The molecule has 186 valence electrons. The van der Waals surface area contributed by atoms with Crippen LogP contribution in [0.2, 0.25) is 5.02 Å². The zero-order chi connectivity index (χ0) is 25.2. The van der Waals surface area contributed by atoms with Gasteiger partial charge in [-0.3, -0.25) is 4.79 Å². The Morgan fingerprint density at radius 1 is 1.05 bits per heavy atom. The van der Waals surface area contributed by atoms with Crippen LogP contribution < -0.4 is 0 Å². The number of carbonyl (C=O) groups is 1. The van der Waals surface area contributed by atoms with Gasteiger partial charge in [0.2, 0.25) is 0 Å². The molecule has 1 fully saturated rings. The number of aromatic nitrogens is 3. The number of aromatic amines is 1. The Hall–Kier alpha value is -3.52. The summed E-state index contributed by atoms with van der Waals surface area (Å²) >= 11 is 7.72. The second-order valence-electron chi connectivity index (χ2n) is 9.05. The number of nitrogens with one attached hydrogen (secondary N) is 1. The van der Waals surface area contributed by atoms with Crippen LogP contribution in [-0.4, -0.2) is 52.1 Å². The highest BCUT2D eigenvalue weighted by Crippen LogP contribution is 2.40. The number of fused-ring (bicyclic) bond motifs is 1. The van der Waals surface area contributed by atoms with Crippen molar-refractivity contribution < 1.29 is 9.53 Å². The number of rotatable bonds is 6. The molecule has 1 aliphatic heterocycles. The van der Waals surface area contributed by atoms with Crippen molar-refractivity contribution in [3.63, 3.8) is 0 Å². The number of ether oxygens (including phenoxy) is 1. The summed E-state index contributed by atoms with van der Waals surface area (Å²) < 4.78 is 5.49. The van der Waals surface area contributed by atoms with Gasteiger partial charge in [0, 0.05) is 35.6 Å². The van der Waals surface area contributed by atoms with Gasteiger partial charge in [-0.05, 0) is 34.9 Å². The van der Waals surface area contributed by atoms with Gasteiger partial charge in [-0.25, -0.2) is 9.97 Å². The number of hydrogen-bond acceptors (Lipinski definition) is 5. The molecule has 5 aromatic rings. The fourth-order valence-electron chi connectivity index (χ4n) is 4.80. The Balaban J connectivity index is 1.49. The first-order chi connectivity index (χ1) is 18.2. The highest BCUT2D eigenvalue weighted by molar-refractivity contribution is 7.15. The van der Waals surface area contributed by atoms with Crippen molar-refractivity contribution in [2.45, 2.75) is 12.3 Å². The van der Waals surface area contributed by atoms with E-state index in [9.17, 15) is 4.79 Å². The van der Waals surface area contributed by atoms with Crippen molar-refractivity contribution in [1.29, 1.82) is 0 Å². The predicted octanol–water partition coefficient (Wildman–Crippen LogP) is 6.19. The molecule has 6 rings (SSSR count). The first kappa shape index (κ1) is 23.9. The number of amides is 1. The molecule has 6 nitrogen and oxygen atoms in total. The summed E-state index contributed by atoms with van der Waals surface area (Å²) in [6.07, 6.45) is 4.22. The maximum Gasteiger partial charge on any atom is 0.274 e. The lowest BCUT2D eigenvalue weighted by atomic mass is 9.97. The molecular formula is C29H25ClN4O2S. The SMILES string of the molecule is O=C(c1nc(C(Cc2ccc(Cl)cc2)c2cnc[nH]2)sc1-c1cccc2ccccc12)N1CCOCC1. The standard InChI is InChI=1S/C29H25ClN4O2S/c30-21-10-8-19(9-11-21)16-24(25-17-31-18-32-25)28-33-26(29(35)34-12-14-36-15-13-34)27(37-28)23-7-3-5-20-4-1-2-6-22(20)23/h1-11,17-18,24H,12-16H2,(H,31,32). The summed E-state index contributed by atoms with van der Waals surface area (Å²) in [5, 5.41) is 3.81. The van der Waals surface area contributed by atoms with E-state index in [4.69, 9.17) is 21.3 Å². The summed E-state index contributed by atoms with van der Waals surface area (Å²) in [5.74, 6) is -0.141. The van der Waals surface area contributed by atoms with Crippen molar-refractivity contribution >= 4 is 39.6 Å². The predicted molar refractivity (Wildman–Crippen MR) is 147 cm³/mol. The number of carbonyl (C=O) groups excluding carboxylic acids is 1. The topological polar surface area (TPSA) is 71.1 Å². The zero-order valence-electron chi connectivity index (χ0n) is 20.1. The summed E-state index contributed by atoms with van der Waals surface area (Å²) in [7, 11) is 0. The van der Waals surface area contributed by atoms with E-state index in [2.05, 4.69) is 34.2 Å². The maximum absolute atomic E-state index is 13.8. The van der Waals surface area contributed by atoms with Crippen LogP contribution in [0.3, 0.4) is 0 Å². The van der Waals surface area contributed by atoms with E-state index < -0.39 is 0 Å². The van der Waals surface area contributed by atoms with Gasteiger partial charge in [-0.15, -0.1) is 11.3 Å². The minimum Gasteiger partial charge on any atom is -0.378 e. The maximum atomic E-state index is 13.8. The van der Waals surface area contributed by atoms with Crippen molar-refractivity contribution in [1.82, 2.24) is 19.9 Å². The number of benzene rings is 3. The van der Waals surface area contributed by atoms with E-state index in [0.717, 1.165) is 37.5 Å². The Kier molecular flexibility index (Phi) is 6.74. The monoisotopic (exact) mass is 528 g/mol. The van der Waals surface area contributed by atoms with Crippen LogP contribution in [0.1, 0.15) is 32.7 Å². The molecule has 2 aromatic heterocycles. The number of H-pyrrole nitrogens is 1. The van der Waals surface area contributed by atoms with E-state index in [1.165, 1.54) is 0 Å². The summed E-state index contributed by atoms with van der Waals surface area (Å²) in [6.45, 7) is 2.21. The van der Waals surface area contributed by atoms with Gasteiger partial charge in [0.15, 0.2) is 0 Å². The average molecular weight is 529 g/mol. The Morgan fingerprint density at radius 3 is 2.62 bits per heavy atom. The van der Waals surface area contributed by atoms with E-state index in [1.807, 2.05) is 53.6 Å².